The molecule has 0 rings (SSSR count). The topological polar surface area (TPSA) is 125 Å². The first-order valence-corrected chi connectivity index (χ1v) is 10.4. The van der Waals surface area contributed by atoms with Crippen molar-refractivity contribution >= 4 is 8.32 Å². The van der Waals surface area contributed by atoms with Gasteiger partial charge in [-0.3, -0.25) is 4.90 Å². The summed E-state index contributed by atoms with van der Waals surface area (Å²) in [5.74, 6) is 0. The third kappa shape index (κ3) is 7.98. The number of rotatable bonds is 11. The summed E-state index contributed by atoms with van der Waals surface area (Å²) in [5.41, 5.74) is 11.5. The Hall–Kier alpha value is -0.0631. The molecule has 0 aromatic heterocycles. The first-order chi connectivity index (χ1) is 9.84. The predicted octanol–water partition coefficient (Wildman–Crippen LogP) is -0.526. The van der Waals surface area contributed by atoms with Crippen molar-refractivity contribution in [1.82, 2.24) is 4.90 Å². The predicted molar refractivity (Wildman–Crippen MR) is 90.2 cm³/mol. The van der Waals surface area contributed by atoms with Gasteiger partial charge >= 0.3 is 0 Å². The maximum atomic E-state index is 9.58. The minimum absolute atomic E-state index is 0.109. The minimum atomic E-state index is -2.45. The van der Waals surface area contributed by atoms with E-state index in [1.165, 1.54) is 0 Å². The van der Waals surface area contributed by atoms with Crippen LogP contribution in [-0.4, -0.2) is 71.6 Å². The molecule has 0 fully saturated rings. The molecule has 0 amide bonds. The number of aliphatic hydroxyl groups is 3. The quantitative estimate of drug-likeness (QED) is 0.253. The Balaban J connectivity index is 4.81. The number of hydrogen-bond acceptors (Lipinski definition) is 7. The monoisotopic (exact) mass is 337 g/mol. The van der Waals surface area contributed by atoms with Crippen molar-refractivity contribution in [3.63, 3.8) is 0 Å². The lowest BCUT2D eigenvalue weighted by Crippen LogP contribution is -2.69. The molecule has 0 radical (unpaired) electrons. The Bertz CT molecular complexity index is 320. The van der Waals surface area contributed by atoms with E-state index in [4.69, 9.17) is 21.0 Å². The van der Waals surface area contributed by atoms with Crippen LogP contribution < -0.4 is 11.5 Å². The van der Waals surface area contributed by atoms with Crippen LogP contribution in [0, 0.1) is 0 Å². The van der Waals surface area contributed by atoms with Crippen molar-refractivity contribution in [3.8, 4) is 0 Å². The lowest BCUT2D eigenvalue weighted by atomic mass is 10.2. The molecule has 0 heterocycles. The van der Waals surface area contributed by atoms with Gasteiger partial charge in [0.25, 0.3) is 0 Å². The molecule has 2 atom stereocenters. The molecule has 134 valence electrons. The van der Waals surface area contributed by atoms with Gasteiger partial charge in [0.2, 0.25) is 8.32 Å². The first kappa shape index (κ1) is 21.9. The van der Waals surface area contributed by atoms with E-state index in [-0.39, 0.29) is 13.3 Å². The normalized spacial score (nSPS) is 17.6. The molecule has 22 heavy (non-hydrogen) atoms. The molecule has 8 heteroatoms. The molecule has 0 bridgehead atoms. The van der Waals surface area contributed by atoms with Crippen LogP contribution in [0.4, 0.5) is 0 Å². The average molecular weight is 338 g/mol. The maximum Gasteiger partial charge on any atom is 0.224 e. The summed E-state index contributed by atoms with van der Waals surface area (Å²) in [6, 6.07) is 0. The van der Waals surface area contributed by atoms with Crippen LogP contribution in [0.25, 0.3) is 0 Å². The van der Waals surface area contributed by atoms with Crippen LogP contribution >= 0.6 is 0 Å². The van der Waals surface area contributed by atoms with Gasteiger partial charge < -0.3 is 31.2 Å². The number of nitrogens with zero attached hydrogens (tertiary/aromatic N) is 1. The summed E-state index contributed by atoms with van der Waals surface area (Å²) < 4.78 is 6.12. The van der Waals surface area contributed by atoms with E-state index in [2.05, 4.69) is 0 Å². The van der Waals surface area contributed by atoms with Crippen LogP contribution in [-0.2, 0) is 4.43 Å². The second-order valence-electron chi connectivity index (χ2n) is 7.33. The molecule has 2 unspecified atom stereocenters. The summed E-state index contributed by atoms with van der Waals surface area (Å²) >= 11 is 0. The highest BCUT2D eigenvalue weighted by molar-refractivity contribution is 6.75. The summed E-state index contributed by atoms with van der Waals surface area (Å²) in [5, 5.41) is 27.3. The fourth-order valence-corrected chi connectivity index (χ4v) is 5.22. The van der Waals surface area contributed by atoms with Gasteiger partial charge in [-0.2, -0.15) is 0 Å². The molecule has 7 nitrogen and oxygen atoms in total. The van der Waals surface area contributed by atoms with Crippen molar-refractivity contribution in [1.29, 1.82) is 0 Å². The SMILES string of the molecule is CC(C)(N)O[Si](C)(CN(CO)CCCC(O)CO)C(C)(C)N. The second kappa shape index (κ2) is 8.70. The molecule has 7 N–H and O–H groups in total. The van der Waals surface area contributed by atoms with E-state index < -0.39 is 25.3 Å². The number of aliphatic hydroxyl groups excluding tert-OH is 3. The van der Waals surface area contributed by atoms with E-state index in [1.807, 2.05) is 25.3 Å². The number of nitrogens with two attached hydrogens (primary N) is 2. The van der Waals surface area contributed by atoms with Crippen LogP contribution in [0.3, 0.4) is 0 Å². The molecular formula is C14H35N3O4Si. The van der Waals surface area contributed by atoms with Crippen LogP contribution in [0.1, 0.15) is 40.5 Å². The summed E-state index contributed by atoms with van der Waals surface area (Å²) in [6.07, 6.45) is 0.988. The van der Waals surface area contributed by atoms with Crippen molar-refractivity contribution in [2.24, 2.45) is 11.5 Å². The summed E-state index contributed by atoms with van der Waals surface area (Å²) in [4.78, 5) is 1.86. The zero-order valence-corrected chi connectivity index (χ0v) is 15.7. The Kier molecular flexibility index (Phi) is 8.67. The van der Waals surface area contributed by atoms with Crippen molar-refractivity contribution in [2.75, 3.05) is 26.1 Å². The Labute approximate surface area is 135 Å². The number of hydrogen-bond donors (Lipinski definition) is 5. The summed E-state index contributed by atoms with van der Waals surface area (Å²) in [7, 11) is -2.45. The van der Waals surface area contributed by atoms with Crippen LogP contribution in [0.15, 0.2) is 0 Å². The zero-order chi connectivity index (χ0) is 17.6. The van der Waals surface area contributed by atoms with Gasteiger partial charge in [-0.1, -0.05) is 0 Å². The van der Waals surface area contributed by atoms with Gasteiger partial charge in [0.1, 0.15) is 0 Å². The minimum Gasteiger partial charge on any atom is -0.397 e. The molecule has 0 saturated heterocycles. The second-order valence-corrected chi connectivity index (χ2v) is 11.6. The van der Waals surface area contributed by atoms with E-state index in [0.717, 1.165) is 0 Å². The molecule has 0 aromatic rings. The molecule has 0 aromatic carbocycles. The van der Waals surface area contributed by atoms with E-state index in [9.17, 15) is 10.2 Å². The molecular weight excluding hydrogens is 302 g/mol. The Morgan fingerprint density at radius 2 is 1.73 bits per heavy atom. The zero-order valence-electron chi connectivity index (χ0n) is 14.7. The first-order valence-electron chi connectivity index (χ1n) is 7.74. The van der Waals surface area contributed by atoms with Gasteiger partial charge in [0.15, 0.2) is 0 Å². The van der Waals surface area contributed by atoms with Gasteiger partial charge in [-0.15, -0.1) is 0 Å². The molecule has 0 saturated carbocycles. The molecule has 0 aliphatic rings. The lowest BCUT2D eigenvalue weighted by molar-refractivity contribution is 0.0641. The highest BCUT2D eigenvalue weighted by Gasteiger charge is 2.46. The highest BCUT2D eigenvalue weighted by atomic mass is 28.4. The Morgan fingerprint density at radius 1 is 1.18 bits per heavy atom. The standard InChI is InChI=1S/C14H35N3O4Si/c1-13(2,15)21-22(5,14(3,4)16)11-17(10-19)8-6-7-12(20)9-18/h12,18-20H,6-11,15-16H2,1-5H3. The van der Waals surface area contributed by atoms with Gasteiger partial charge in [0, 0.05) is 17.9 Å². The molecule has 0 spiro atoms. The van der Waals surface area contributed by atoms with E-state index in [1.54, 1.807) is 13.8 Å². The van der Waals surface area contributed by atoms with Crippen molar-refractivity contribution in [2.45, 2.75) is 64.1 Å². The highest BCUT2D eigenvalue weighted by Crippen LogP contribution is 2.24. The average Bonchev–Trinajstić information content (AvgIpc) is 2.33. The van der Waals surface area contributed by atoms with Gasteiger partial charge in [-0.05, 0) is 47.1 Å². The maximum absolute atomic E-state index is 9.58. The Morgan fingerprint density at radius 3 is 2.09 bits per heavy atom. The third-order valence-electron chi connectivity index (χ3n) is 3.80. The molecule has 0 aliphatic carbocycles. The largest absolute Gasteiger partial charge is 0.397 e. The van der Waals surface area contributed by atoms with E-state index in [0.29, 0.717) is 25.6 Å². The van der Waals surface area contributed by atoms with Gasteiger partial charge in [0.05, 0.1) is 25.2 Å². The summed E-state index contributed by atoms with van der Waals surface area (Å²) in [6.45, 7) is 9.71. The third-order valence-corrected chi connectivity index (χ3v) is 8.55. The van der Waals surface area contributed by atoms with Gasteiger partial charge in [-0.25, -0.2) is 0 Å². The van der Waals surface area contributed by atoms with Crippen LogP contribution in [0.5, 0.6) is 0 Å². The lowest BCUT2D eigenvalue weighted by Gasteiger charge is -2.45. The van der Waals surface area contributed by atoms with E-state index >= 15 is 0 Å². The molecule has 0 aliphatic heterocycles. The van der Waals surface area contributed by atoms with Crippen molar-refractivity contribution in [3.05, 3.63) is 0 Å². The fourth-order valence-electron chi connectivity index (χ4n) is 2.22. The smallest absolute Gasteiger partial charge is 0.224 e. The fraction of sp³-hybridized carbons (Fsp3) is 1.00. The van der Waals surface area contributed by atoms with Crippen LogP contribution in [0.2, 0.25) is 6.55 Å². The van der Waals surface area contributed by atoms with Crippen molar-refractivity contribution < 1.29 is 19.7 Å².